The normalized spacial score (nSPS) is 21.9. The Morgan fingerprint density at radius 1 is 1.20 bits per heavy atom. The molecule has 2 heterocycles. The quantitative estimate of drug-likeness (QED) is 0.773. The topological polar surface area (TPSA) is 32.8 Å². The molecule has 2 saturated heterocycles. The number of nitrogens with zero attached hydrogens (tertiary/aromatic N) is 2. The van der Waals surface area contributed by atoms with Crippen molar-refractivity contribution in [2.75, 3.05) is 33.3 Å². The number of terminal acetylenes is 1. The van der Waals surface area contributed by atoms with E-state index in [1.165, 1.54) is 5.56 Å². The van der Waals surface area contributed by atoms with Crippen LogP contribution >= 0.6 is 0 Å². The van der Waals surface area contributed by atoms with Gasteiger partial charge in [0.25, 0.3) is 0 Å². The molecule has 0 aromatic heterocycles. The molecule has 25 heavy (non-hydrogen) atoms. The van der Waals surface area contributed by atoms with E-state index in [1.54, 1.807) is 7.11 Å². The maximum absolute atomic E-state index is 13.0. The van der Waals surface area contributed by atoms with E-state index in [0.717, 1.165) is 57.5 Å². The van der Waals surface area contributed by atoms with Gasteiger partial charge in [-0.2, -0.15) is 0 Å². The lowest BCUT2D eigenvalue weighted by molar-refractivity contribution is -0.137. The van der Waals surface area contributed by atoms with E-state index in [1.807, 2.05) is 12.1 Å². The Bertz CT molecular complexity index is 612. The van der Waals surface area contributed by atoms with Gasteiger partial charge in [0.15, 0.2) is 0 Å². The summed E-state index contributed by atoms with van der Waals surface area (Å²) in [7, 11) is 1.68. The number of carbonyl (C=O) groups excluding carboxylic acids is 1. The maximum Gasteiger partial charge on any atom is 0.226 e. The summed E-state index contributed by atoms with van der Waals surface area (Å²) in [6.45, 7) is 3.49. The van der Waals surface area contributed by atoms with Crippen LogP contribution in [-0.2, 0) is 11.2 Å². The van der Waals surface area contributed by atoms with Gasteiger partial charge in [0.2, 0.25) is 5.91 Å². The van der Waals surface area contributed by atoms with Crippen molar-refractivity contribution in [2.45, 2.75) is 38.1 Å². The number of benzene rings is 1. The molecule has 1 aromatic rings. The fourth-order valence-corrected chi connectivity index (χ4v) is 4.07. The minimum Gasteiger partial charge on any atom is -0.497 e. The standard InChI is InChI=1S/C21H28N2O2/c1-3-12-22-14-10-18(11-15-22)21(24)23-13-4-5-19(23)16-17-6-8-20(25-2)9-7-17/h1,6-9,18-19H,4-5,10-16H2,2H3/t19-/m1/s1. The van der Waals surface area contributed by atoms with Gasteiger partial charge in [-0.05, 0) is 62.9 Å². The number of likely N-dealkylation sites (tertiary alicyclic amines) is 2. The van der Waals surface area contributed by atoms with Crippen LogP contribution in [-0.4, -0.2) is 55.0 Å². The van der Waals surface area contributed by atoms with Gasteiger partial charge < -0.3 is 9.64 Å². The smallest absolute Gasteiger partial charge is 0.226 e. The van der Waals surface area contributed by atoms with Crippen molar-refractivity contribution in [3.8, 4) is 18.1 Å². The van der Waals surface area contributed by atoms with Gasteiger partial charge in [-0.15, -0.1) is 6.42 Å². The molecule has 0 radical (unpaired) electrons. The summed E-state index contributed by atoms with van der Waals surface area (Å²) >= 11 is 0. The fraction of sp³-hybridized carbons (Fsp3) is 0.571. The third kappa shape index (κ3) is 4.35. The molecule has 0 unspecified atom stereocenters. The molecule has 0 aliphatic carbocycles. The molecule has 1 amide bonds. The third-order valence-corrected chi connectivity index (χ3v) is 5.54. The first-order valence-electron chi connectivity index (χ1n) is 9.30. The molecule has 0 N–H and O–H groups in total. The zero-order valence-electron chi connectivity index (χ0n) is 15.1. The van der Waals surface area contributed by atoms with Crippen molar-refractivity contribution in [1.82, 2.24) is 9.80 Å². The van der Waals surface area contributed by atoms with Crippen LogP contribution in [0, 0.1) is 18.3 Å². The highest BCUT2D eigenvalue weighted by atomic mass is 16.5. The highest BCUT2D eigenvalue weighted by Gasteiger charge is 2.34. The maximum atomic E-state index is 13.0. The minimum absolute atomic E-state index is 0.172. The summed E-state index contributed by atoms with van der Waals surface area (Å²) < 4.78 is 5.22. The second kappa shape index (κ2) is 8.40. The lowest BCUT2D eigenvalue weighted by atomic mass is 9.94. The predicted octanol–water partition coefficient (Wildman–Crippen LogP) is 2.57. The highest BCUT2D eigenvalue weighted by Crippen LogP contribution is 2.27. The van der Waals surface area contributed by atoms with Crippen molar-refractivity contribution < 1.29 is 9.53 Å². The Labute approximate surface area is 151 Å². The highest BCUT2D eigenvalue weighted by molar-refractivity contribution is 5.79. The number of ether oxygens (including phenoxy) is 1. The Morgan fingerprint density at radius 2 is 1.92 bits per heavy atom. The molecule has 3 rings (SSSR count). The van der Waals surface area contributed by atoms with E-state index in [0.29, 0.717) is 18.5 Å². The van der Waals surface area contributed by atoms with E-state index in [-0.39, 0.29) is 5.92 Å². The molecule has 0 saturated carbocycles. The van der Waals surface area contributed by atoms with E-state index >= 15 is 0 Å². The summed E-state index contributed by atoms with van der Waals surface area (Å²) in [4.78, 5) is 17.4. The van der Waals surface area contributed by atoms with E-state index in [2.05, 4.69) is 27.9 Å². The minimum atomic E-state index is 0.172. The zero-order valence-corrected chi connectivity index (χ0v) is 15.1. The number of hydrogen-bond acceptors (Lipinski definition) is 3. The first-order chi connectivity index (χ1) is 12.2. The summed E-state index contributed by atoms with van der Waals surface area (Å²) in [6.07, 6.45) is 10.4. The predicted molar refractivity (Wildman–Crippen MR) is 99.4 cm³/mol. The number of carbonyl (C=O) groups is 1. The van der Waals surface area contributed by atoms with Crippen LogP contribution in [0.25, 0.3) is 0 Å². The van der Waals surface area contributed by atoms with Crippen molar-refractivity contribution in [3.63, 3.8) is 0 Å². The molecule has 1 atom stereocenters. The number of rotatable bonds is 5. The molecule has 2 aliphatic rings. The Morgan fingerprint density at radius 3 is 2.56 bits per heavy atom. The van der Waals surface area contributed by atoms with Crippen LogP contribution in [0.3, 0.4) is 0 Å². The van der Waals surface area contributed by atoms with Gasteiger partial charge in [0.1, 0.15) is 5.75 Å². The van der Waals surface area contributed by atoms with Crippen molar-refractivity contribution in [3.05, 3.63) is 29.8 Å². The molecule has 4 nitrogen and oxygen atoms in total. The molecule has 2 fully saturated rings. The SMILES string of the molecule is C#CCN1CCC(C(=O)N2CCC[C@@H]2Cc2ccc(OC)cc2)CC1. The monoisotopic (exact) mass is 340 g/mol. The molecule has 0 spiro atoms. The van der Waals surface area contributed by atoms with E-state index < -0.39 is 0 Å². The average Bonchev–Trinajstić information content (AvgIpc) is 3.11. The van der Waals surface area contributed by atoms with Gasteiger partial charge in [-0.1, -0.05) is 18.1 Å². The molecular formula is C21H28N2O2. The van der Waals surface area contributed by atoms with E-state index in [9.17, 15) is 4.79 Å². The summed E-state index contributed by atoms with van der Waals surface area (Å²) in [5, 5.41) is 0. The Hall–Kier alpha value is -1.99. The van der Waals surface area contributed by atoms with Crippen LogP contribution in [0.15, 0.2) is 24.3 Å². The van der Waals surface area contributed by atoms with Gasteiger partial charge in [-0.25, -0.2) is 0 Å². The van der Waals surface area contributed by atoms with Crippen LogP contribution < -0.4 is 4.74 Å². The van der Waals surface area contributed by atoms with Gasteiger partial charge in [-0.3, -0.25) is 9.69 Å². The van der Waals surface area contributed by atoms with Crippen LogP contribution in [0.5, 0.6) is 5.75 Å². The lowest BCUT2D eigenvalue weighted by Gasteiger charge is -2.34. The number of amides is 1. The largest absolute Gasteiger partial charge is 0.497 e. The summed E-state index contributed by atoms with van der Waals surface area (Å²) in [6, 6.07) is 8.55. The lowest BCUT2D eigenvalue weighted by Crippen LogP contribution is -2.45. The van der Waals surface area contributed by atoms with Crippen molar-refractivity contribution in [1.29, 1.82) is 0 Å². The first kappa shape index (κ1) is 17.8. The Kier molecular flexibility index (Phi) is 5.99. The van der Waals surface area contributed by atoms with Crippen molar-refractivity contribution in [2.24, 2.45) is 5.92 Å². The average molecular weight is 340 g/mol. The number of piperidine rings is 1. The number of hydrogen-bond donors (Lipinski definition) is 0. The van der Waals surface area contributed by atoms with Crippen molar-refractivity contribution >= 4 is 5.91 Å². The third-order valence-electron chi connectivity index (χ3n) is 5.54. The second-order valence-corrected chi connectivity index (χ2v) is 7.13. The molecule has 2 aliphatic heterocycles. The van der Waals surface area contributed by atoms with Gasteiger partial charge in [0, 0.05) is 18.5 Å². The van der Waals surface area contributed by atoms with Gasteiger partial charge in [0.05, 0.1) is 13.7 Å². The molecule has 4 heteroatoms. The zero-order chi connectivity index (χ0) is 17.6. The fourth-order valence-electron chi connectivity index (χ4n) is 4.07. The molecule has 1 aromatic carbocycles. The molecule has 0 bridgehead atoms. The Balaban J connectivity index is 1.57. The first-order valence-corrected chi connectivity index (χ1v) is 9.30. The second-order valence-electron chi connectivity index (χ2n) is 7.13. The summed E-state index contributed by atoms with van der Waals surface area (Å²) in [5.74, 6) is 4.11. The molecule has 134 valence electrons. The van der Waals surface area contributed by atoms with Crippen LogP contribution in [0.2, 0.25) is 0 Å². The van der Waals surface area contributed by atoms with Crippen LogP contribution in [0.1, 0.15) is 31.2 Å². The van der Waals surface area contributed by atoms with E-state index in [4.69, 9.17) is 11.2 Å². The summed E-state index contributed by atoms with van der Waals surface area (Å²) in [5.41, 5.74) is 1.27. The van der Waals surface area contributed by atoms with Crippen LogP contribution in [0.4, 0.5) is 0 Å². The molecular weight excluding hydrogens is 312 g/mol. The number of methoxy groups -OCH3 is 1. The van der Waals surface area contributed by atoms with Gasteiger partial charge >= 0.3 is 0 Å².